The van der Waals surface area contributed by atoms with Crippen molar-refractivity contribution in [2.24, 2.45) is 0 Å². The molecule has 1 aliphatic rings. The normalized spacial score (nSPS) is 13.3. The zero-order chi connectivity index (χ0) is 20.2. The second kappa shape index (κ2) is 8.24. The summed E-state index contributed by atoms with van der Waals surface area (Å²) in [4.78, 5) is 36.2. The third-order valence-electron chi connectivity index (χ3n) is 4.55. The van der Waals surface area contributed by atoms with E-state index in [2.05, 4.69) is 15.3 Å². The number of aromatic nitrogens is 2. The van der Waals surface area contributed by atoms with Crippen LogP contribution in [0.2, 0.25) is 0 Å². The molecule has 3 heterocycles. The molecule has 0 fully saturated rings. The maximum absolute atomic E-state index is 12.5. The number of benzene rings is 1. The summed E-state index contributed by atoms with van der Waals surface area (Å²) in [5, 5.41) is 3.17. The van der Waals surface area contributed by atoms with Gasteiger partial charge in [-0.2, -0.15) is 0 Å². The van der Waals surface area contributed by atoms with Crippen molar-refractivity contribution in [1.82, 2.24) is 14.9 Å². The van der Waals surface area contributed by atoms with Crippen molar-refractivity contribution in [1.29, 1.82) is 0 Å². The van der Waals surface area contributed by atoms with Crippen molar-refractivity contribution in [3.8, 4) is 0 Å². The van der Waals surface area contributed by atoms with Gasteiger partial charge < -0.3 is 16.0 Å². The molecule has 0 saturated carbocycles. The van der Waals surface area contributed by atoms with Crippen LogP contribution >= 0.6 is 11.3 Å². The van der Waals surface area contributed by atoms with Crippen molar-refractivity contribution < 1.29 is 9.59 Å². The number of pyridine rings is 1. The third-order valence-corrected chi connectivity index (χ3v) is 5.63. The van der Waals surface area contributed by atoms with E-state index in [0.29, 0.717) is 35.9 Å². The lowest BCUT2D eigenvalue weighted by Crippen LogP contribution is -2.34. The Balaban J connectivity index is 1.43. The standard InChI is InChI=1S/C21H19N5O2S/c22-15-5-1-2-6-16(15)24-20(28)21-25-17-9-11-26(13-18(17)29-21)19(27)8-7-14-4-3-10-23-12-14/h1-8,10,12H,9,11,13,22H2,(H,24,28)/b8-7+. The second-order valence-corrected chi connectivity index (χ2v) is 7.64. The van der Waals surface area contributed by atoms with Crippen LogP contribution in [0.1, 0.15) is 25.9 Å². The molecule has 8 heteroatoms. The molecule has 0 unspecified atom stereocenters. The fourth-order valence-corrected chi connectivity index (χ4v) is 4.03. The molecule has 1 aliphatic heterocycles. The van der Waals surface area contributed by atoms with E-state index in [1.54, 1.807) is 53.7 Å². The van der Waals surface area contributed by atoms with E-state index in [-0.39, 0.29) is 11.8 Å². The zero-order valence-corrected chi connectivity index (χ0v) is 16.4. The first-order valence-electron chi connectivity index (χ1n) is 9.11. The molecule has 29 heavy (non-hydrogen) atoms. The Kier molecular flexibility index (Phi) is 5.35. The van der Waals surface area contributed by atoms with Crippen molar-refractivity contribution >= 4 is 40.6 Å². The van der Waals surface area contributed by atoms with Crippen LogP contribution in [-0.2, 0) is 17.8 Å². The fourth-order valence-electron chi connectivity index (χ4n) is 3.01. The van der Waals surface area contributed by atoms with E-state index in [1.165, 1.54) is 11.3 Å². The van der Waals surface area contributed by atoms with Gasteiger partial charge in [-0.15, -0.1) is 11.3 Å². The summed E-state index contributed by atoms with van der Waals surface area (Å²) in [5.74, 6) is -0.368. The number of hydrogen-bond acceptors (Lipinski definition) is 6. The molecule has 2 aromatic heterocycles. The Morgan fingerprint density at radius 2 is 2.07 bits per heavy atom. The summed E-state index contributed by atoms with van der Waals surface area (Å²) < 4.78 is 0. The number of nitrogens with zero attached hydrogens (tertiary/aromatic N) is 3. The summed E-state index contributed by atoms with van der Waals surface area (Å²) in [6.45, 7) is 1.02. The Morgan fingerprint density at radius 1 is 1.21 bits per heavy atom. The Labute approximate surface area is 171 Å². The molecule has 7 nitrogen and oxygen atoms in total. The van der Waals surface area contributed by atoms with E-state index >= 15 is 0 Å². The van der Waals surface area contributed by atoms with Gasteiger partial charge in [0.15, 0.2) is 5.01 Å². The molecule has 0 atom stereocenters. The topological polar surface area (TPSA) is 101 Å². The number of nitrogens with two attached hydrogens (primary N) is 1. The van der Waals surface area contributed by atoms with Gasteiger partial charge in [-0.25, -0.2) is 4.98 Å². The van der Waals surface area contributed by atoms with Gasteiger partial charge in [0.2, 0.25) is 5.91 Å². The van der Waals surface area contributed by atoms with Gasteiger partial charge in [0.05, 0.1) is 23.6 Å². The average Bonchev–Trinajstić information content (AvgIpc) is 3.18. The zero-order valence-electron chi connectivity index (χ0n) is 15.5. The maximum atomic E-state index is 12.5. The van der Waals surface area contributed by atoms with Gasteiger partial charge in [-0.1, -0.05) is 18.2 Å². The highest BCUT2D eigenvalue weighted by Crippen LogP contribution is 2.27. The van der Waals surface area contributed by atoms with Gasteiger partial charge in [0.25, 0.3) is 5.91 Å². The highest BCUT2D eigenvalue weighted by Gasteiger charge is 2.25. The molecule has 0 aliphatic carbocycles. The number of carbonyl (C=O) groups is 2. The number of anilines is 2. The first-order chi connectivity index (χ1) is 14.1. The number of nitrogen functional groups attached to an aromatic ring is 1. The van der Waals surface area contributed by atoms with Crippen molar-refractivity contribution in [2.75, 3.05) is 17.6 Å². The van der Waals surface area contributed by atoms with E-state index in [1.807, 2.05) is 12.1 Å². The molecule has 0 spiro atoms. The van der Waals surface area contributed by atoms with Gasteiger partial charge in [-0.05, 0) is 29.8 Å². The molecule has 3 N–H and O–H groups in total. The molecule has 146 valence electrons. The Hall–Kier alpha value is -3.52. The van der Waals surface area contributed by atoms with Gasteiger partial charge in [-0.3, -0.25) is 14.6 Å². The van der Waals surface area contributed by atoms with E-state index < -0.39 is 0 Å². The monoisotopic (exact) mass is 405 g/mol. The number of fused-ring (bicyclic) bond motifs is 1. The highest BCUT2D eigenvalue weighted by atomic mass is 32.1. The van der Waals surface area contributed by atoms with Gasteiger partial charge in [0.1, 0.15) is 0 Å². The summed E-state index contributed by atoms with van der Waals surface area (Å²) in [6.07, 6.45) is 7.31. The molecule has 1 aromatic carbocycles. The molecule has 3 aromatic rings. The highest BCUT2D eigenvalue weighted by molar-refractivity contribution is 7.13. The summed E-state index contributed by atoms with van der Waals surface area (Å²) in [5.41, 5.74) is 8.69. The van der Waals surface area contributed by atoms with Crippen molar-refractivity contribution in [2.45, 2.75) is 13.0 Å². The van der Waals surface area contributed by atoms with Crippen LogP contribution in [0.25, 0.3) is 6.08 Å². The Bertz CT molecular complexity index is 1080. The van der Waals surface area contributed by atoms with Crippen LogP contribution < -0.4 is 11.1 Å². The molecular formula is C21H19N5O2S. The SMILES string of the molecule is Nc1ccccc1NC(=O)c1nc2c(s1)CN(C(=O)/C=C/c1cccnc1)CC2. The van der Waals surface area contributed by atoms with Crippen LogP contribution in [0.4, 0.5) is 11.4 Å². The largest absolute Gasteiger partial charge is 0.397 e. The van der Waals surface area contributed by atoms with Crippen LogP contribution in [-0.4, -0.2) is 33.2 Å². The summed E-state index contributed by atoms with van der Waals surface area (Å²) in [7, 11) is 0. The van der Waals surface area contributed by atoms with E-state index in [4.69, 9.17) is 5.73 Å². The average molecular weight is 405 g/mol. The summed E-state index contributed by atoms with van der Waals surface area (Å²) in [6, 6.07) is 10.8. The molecule has 0 saturated heterocycles. The number of rotatable bonds is 4. The number of para-hydroxylation sites is 2. The van der Waals surface area contributed by atoms with Gasteiger partial charge in [0, 0.05) is 36.3 Å². The molecule has 0 bridgehead atoms. The minimum atomic E-state index is -0.295. The van der Waals surface area contributed by atoms with Crippen LogP contribution in [0.3, 0.4) is 0 Å². The molecule has 2 amide bonds. The van der Waals surface area contributed by atoms with Gasteiger partial charge >= 0.3 is 0 Å². The number of thiazole rings is 1. The molecule has 4 rings (SSSR count). The Morgan fingerprint density at radius 3 is 2.86 bits per heavy atom. The lowest BCUT2D eigenvalue weighted by molar-refractivity contribution is -0.126. The van der Waals surface area contributed by atoms with E-state index in [9.17, 15) is 9.59 Å². The maximum Gasteiger partial charge on any atom is 0.284 e. The minimum absolute atomic E-state index is 0.0732. The van der Waals surface area contributed by atoms with Crippen LogP contribution in [0.5, 0.6) is 0 Å². The fraction of sp³-hybridized carbons (Fsp3) is 0.143. The van der Waals surface area contributed by atoms with Crippen LogP contribution in [0.15, 0.2) is 54.9 Å². The lowest BCUT2D eigenvalue weighted by Gasteiger charge is -2.24. The van der Waals surface area contributed by atoms with Crippen LogP contribution in [0, 0.1) is 0 Å². The predicted molar refractivity (Wildman–Crippen MR) is 113 cm³/mol. The van der Waals surface area contributed by atoms with Crippen molar-refractivity contribution in [3.63, 3.8) is 0 Å². The van der Waals surface area contributed by atoms with E-state index in [0.717, 1.165) is 16.1 Å². The molecular weight excluding hydrogens is 386 g/mol. The number of carbonyl (C=O) groups excluding carboxylic acids is 2. The predicted octanol–water partition coefficient (Wildman–Crippen LogP) is 2.97. The number of nitrogens with one attached hydrogen (secondary N) is 1. The molecule has 0 radical (unpaired) electrons. The smallest absolute Gasteiger partial charge is 0.284 e. The third kappa shape index (κ3) is 4.33. The first kappa shape index (κ1) is 18.8. The second-order valence-electron chi connectivity index (χ2n) is 6.56. The first-order valence-corrected chi connectivity index (χ1v) is 9.93. The quantitative estimate of drug-likeness (QED) is 0.513. The van der Waals surface area contributed by atoms with Crippen molar-refractivity contribution in [3.05, 3.63) is 76.0 Å². The lowest BCUT2D eigenvalue weighted by atomic mass is 10.1. The number of hydrogen-bond donors (Lipinski definition) is 2. The number of amides is 2. The summed E-state index contributed by atoms with van der Waals surface area (Å²) >= 11 is 1.31. The minimum Gasteiger partial charge on any atom is -0.397 e.